The van der Waals surface area contributed by atoms with Crippen molar-refractivity contribution in [2.45, 2.75) is 13.8 Å². The van der Waals surface area contributed by atoms with E-state index in [1.807, 2.05) is 6.92 Å². The van der Waals surface area contributed by atoms with Gasteiger partial charge in [-0.3, -0.25) is 0 Å². The van der Waals surface area contributed by atoms with Gasteiger partial charge in [0.1, 0.15) is 6.61 Å². The molecule has 1 aromatic rings. The molecule has 1 aromatic carbocycles. The number of benzene rings is 1. The normalized spacial score (nSPS) is 12.4. The molecule has 0 aliphatic heterocycles. The number of hydrogen-bond acceptors (Lipinski definition) is 6. The van der Waals surface area contributed by atoms with E-state index in [1.54, 1.807) is 20.5 Å². The molecule has 6 nitrogen and oxygen atoms in total. The molecule has 0 saturated carbocycles. The monoisotopic (exact) mass is 408 g/mol. The fraction of sp³-hybridized carbons (Fsp3) is 0.565. The summed E-state index contributed by atoms with van der Waals surface area (Å²) in [6.45, 7) is 9.33. The van der Waals surface area contributed by atoms with Crippen molar-refractivity contribution < 1.29 is 28.4 Å². The lowest BCUT2D eigenvalue weighted by Gasteiger charge is -2.07. The minimum Gasteiger partial charge on any atom is -0.498 e. The molecule has 6 heteroatoms. The van der Waals surface area contributed by atoms with E-state index >= 15 is 0 Å². The Kier molecular flexibility index (Phi) is 15.0. The first kappa shape index (κ1) is 25.3. The van der Waals surface area contributed by atoms with Gasteiger partial charge in [-0.15, -0.1) is 0 Å². The molecule has 0 fully saturated rings. The van der Waals surface area contributed by atoms with E-state index < -0.39 is 0 Å². The van der Waals surface area contributed by atoms with Gasteiger partial charge in [0.2, 0.25) is 0 Å². The standard InChI is InChI=1S/C23H36O6/c1-20(9-10-26-15-16-27-13-11-24-3)22-5-7-23(8-6-22)21(2)19-29-18-17-28-14-12-25-4/h5-9,19H,10-18H2,1-4H3/b20-9+,21-19+. The first-order valence-electron chi connectivity index (χ1n) is 9.96. The van der Waals surface area contributed by atoms with E-state index in [0.717, 1.165) is 11.1 Å². The van der Waals surface area contributed by atoms with Crippen molar-refractivity contribution in [1.29, 1.82) is 0 Å². The Morgan fingerprint density at radius 2 is 1.14 bits per heavy atom. The first-order chi connectivity index (χ1) is 14.2. The van der Waals surface area contributed by atoms with Crippen LogP contribution in [0.4, 0.5) is 0 Å². The minimum absolute atomic E-state index is 0.526. The molecule has 0 aliphatic carbocycles. The highest BCUT2D eigenvalue weighted by Gasteiger charge is 2.00. The Bertz CT molecular complexity index is 580. The van der Waals surface area contributed by atoms with Gasteiger partial charge in [0.05, 0.1) is 59.1 Å². The smallest absolute Gasteiger partial charge is 0.111 e. The van der Waals surface area contributed by atoms with E-state index in [2.05, 4.69) is 37.3 Å². The summed E-state index contributed by atoms with van der Waals surface area (Å²) < 4.78 is 31.7. The maximum atomic E-state index is 5.57. The second-order valence-corrected chi connectivity index (χ2v) is 6.42. The van der Waals surface area contributed by atoms with Gasteiger partial charge in [0.25, 0.3) is 0 Å². The minimum atomic E-state index is 0.526. The van der Waals surface area contributed by atoms with Gasteiger partial charge >= 0.3 is 0 Å². The molecule has 0 amide bonds. The van der Waals surface area contributed by atoms with Crippen LogP contribution in [0.25, 0.3) is 11.1 Å². The van der Waals surface area contributed by atoms with E-state index in [9.17, 15) is 0 Å². The van der Waals surface area contributed by atoms with Crippen LogP contribution in [0.2, 0.25) is 0 Å². The molecule has 29 heavy (non-hydrogen) atoms. The lowest BCUT2D eigenvalue weighted by atomic mass is 10.0. The van der Waals surface area contributed by atoms with E-state index in [-0.39, 0.29) is 0 Å². The SMILES string of the molecule is COCCOCCO/C=C(\C)c1ccc(/C(C)=C/COCCOCCOC)cc1. The van der Waals surface area contributed by atoms with Gasteiger partial charge in [0, 0.05) is 14.2 Å². The molecule has 0 aromatic heterocycles. The van der Waals surface area contributed by atoms with Crippen molar-refractivity contribution in [2.24, 2.45) is 0 Å². The van der Waals surface area contributed by atoms with Crippen LogP contribution < -0.4 is 0 Å². The third kappa shape index (κ3) is 12.5. The molecule has 164 valence electrons. The summed E-state index contributed by atoms with van der Waals surface area (Å²) in [5.41, 5.74) is 4.56. The van der Waals surface area contributed by atoms with Gasteiger partial charge < -0.3 is 28.4 Å². The van der Waals surface area contributed by atoms with Crippen LogP contribution in [-0.2, 0) is 28.4 Å². The molecule has 0 spiro atoms. The van der Waals surface area contributed by atoms with Crippen LogP contribution in [0.5, 0.6) is 0 Å². The average molecular weight is 409 g/mol. The molecular weight excluding hydrogens is 372 g/mol. The molecule has 0 heterocycles. The third-order valence-corrected chi connectivity index (χ3v) is 4.14. The van der Waals surface area contributed by atoms with Crippen molar-refractivity contribution in [2.75, 3.05) is 73.7 Å². The Labute approximate surface area is 175 Å². The van der Waals surface area contributed by atoms with E-state index in [0.29, 0.717) is 59.5 Å². The Morgan fingerprint density at radius 1 is 0.655 bits per heavy atom. The molecule has 0 N–H and O–H groups in total. The maximum Gasteiger partial charge on any atom is 0.111 e. The van der Waals surface area contributed by atoms with Crippen LogP contribution >= 0.6 is 0 Å². The molecule has 0 aliphatic rings. The second kappa shape index (κ2) is 17.2. The highest BCUT2D eigenvalue weighted by atomic mass is 16.5. The zero-order chi connectivity index (χ0) is 21.2. The third-order valence-electron chi connectivity index (χ3n) is 4.14. The molecular formula is C23H36O6. The van der Waals surface area contributed by atoms with Crippen molar-refractivity contribution >= 4 is 11.1 Å². The van der Waals surface area contributed by atoms with E-state index in [1.165, 1.54) is 11.1 Å². The topological polar surface area (TPSA) is 55.4 Å². The number of allylic oxidation sites excluding steroid dienone is 2. The Balaban J connectivity index is 2.31. The van der Waals surface area contributed by atoms with Crippen molar-refractivity contribution in [3.63, 3.8) is 0 Å². The summed E-state index contributed by atoms with van der Waals surface area (Å²) in [5, 5.41) is 0. The van der Waals surface area contributed by atoms with Crippen LogP contribution in [0, 0.1) is 0 Å². The molecule has 0 atom stereocenters. The van der Waals surface area contributed by atoms with Gasteiger partial charge in [-0.2, -0.15) is 0 Å². The lowest BCUT2D eigenvalue weighted by Crippen LogP contribution is -2.08. The number of methoxy groups -OCH3 is 2. The van der Waals surface area contributed by atoms with Crippen molar-refractivity contribution in [3.8, 4) is 0 Å². The second-order valence-electron chi connectivity index (χ2n) is 6.42. The zero-order valence-corrected chi connectivity index (χ0v) is 18.3. The molecule has 0 bridgehead atoms. The molecule has 0 unspecified atom stereocenters. The Morgan fingerprint density at radius 3 is 1.72 bits per heavy atom. The van der Waals surface area contributed by atoms with Crippen LogP contribution in [-0.4, -0.2) is 73.7 Å². The van der Waals surface area contributed by atoms with E-state index in [4.69, 9.17) is 28.4 Å². The van der Waals surface area contributed by atoms with Crippen LogP contribution in [0.15, 0.2) is 36.6 Å². The summed E-state index contributed by atoms with van der Waals surface area (Å²) in [7, 11) is 3.32. The zero-order valence-electron chi connectivity index (χ0n) is 18.3. The fourth-order valence-corrected chi connectivity index (χ4v) is 2.35. The quantitative estimate of drug-likeness (QED) is 0.289. The summed E-state index contributed by atoms with van der Waals surface area (Å²) in [6.07, 6.45) is 3.86. The highest BCUT2D eigenvalue weighted by Crippen LogP contribution is 2.19. The van der Waals surface area contributed by atoms with Crippen LogP contribution in [0.1, 0.15) is 25.0 Å². The predicted molar refractivity (Wildman–Crippen MR) is 116 cm³/mol. The van der Waals surface area contributed by atoms with Crippen LogP contribution in [0.3, 0.4) is 0 Å². The Hall–Kier alpha value is -1.70. The molecule has 1 rings (SSSR count). The number of ether oxygens (including phenoxy) is 6. The summed E-state index contributed by atoms with van der Waals surface area (Å²) in [4.78, 5) is 0. The number of hydrogen-bond donors (Lipinski definition) is 0. The van der Waals surface area contributed by atoms with Gasteiger partial charge in [-0.1, -0.05) is 30.3 Å². The average Bonchev–Trinajstić information content (AvgIpc) is 2.74. The molecule has 0 radical (unpaired) electrons. The summed E-state index contributed by atoms with van der Waals surface area (Å²) >= 11 is 0. The highest BCUT2D eigenvalue weighted by molar-refractivity contribution is 5.68. The summed E-state index contributed by atoms with van der Waals surface area (Å²) in [6, 6.07) is 8.42. The van der Waals surface area contributed by atoms with Gasteiger partial charge in [0.15, 0.2) is 0 Å². The maximum absolute atomic E-state index is 5.57. The van der Waals surface area contributed by atoms with Crippen molar-refractivity contribution in [1.82, 2.24) is 0 Å². The summed E-state index contributed by atoms with van der Waals surface area (Å²) in [5.74, 6) is 0. The number of rotatable bonds is 17. The largest absolute Gasteiger partial charge is 0.498 e. The van der Waals surface area contributed by atoms with Gasteiger partial charge in [-0.05, 0) is 36.1 Å². The predicted octanol–water partition coefficient (Wildman–Crippen LogP) is 3.81. The van der Waals surface area contributed by atoms with Crippen molar-refractivity contribution in [3.05, 3.63) is 47.7 Å². The van der Waals surface area contributed by atoms with Gasteiger partial charge in [-0.25, -0.2) is 0 Å². The first-order valence-corrected chi connectivity index (χ1v) is 9.96. The fourth-order valence-electron chi connectivity index (χ4n) is 2.35. The molecule has 0 saturated heterocycles. The lowest BCUT2D eigenvalue weighted by molar-refractivity contribution is 0.0314.